The van der Waals surface area contributed by atoms with Gasteiger partial charge in [-0.3, -0.25) is 0 Å². The maximum atomic E-state index is 6.33. The van der Waals surface area contributed by atoms with Crippen LogP contribution in [0.5, 0.6) is 0 Å². The molecule has 0 aliphatic heterocycles. The highest BCUT2D eigenvalue weighted by atomic mass is 79.9. The van der Waals surface area contributed by atoms with Crippen molar-refractivity contribution in [2.45, 2.75) is 0 Å². The van der Waals surface area contributed by atoms with E-state index in [1.54, 1.807) is 0 Å². The molecular formula is C20H12BrClN2. The highest BCUT2D eigenvalue weighted by Crippen LogP contribution is 2.30. The second-order valence-corrected chi connectivity index (χ2v) is 6.84. The van der Waals surface area contributed by atoms with Crippen LogP contribution in [-0.4, -0.2) is 9.97 Å². The second-order valence-electron chi connectivity index (χ2n) is 5.49. The van der Waals surface area contributed by atoms with Crippen molar-refractivity contribution >= 4 is 38.4 Å². The summed E-state index contributed by atoms with van der Waals surface area (Å²) in [4.78, 5) is 9.15. The maximum absolute atomic E-state index is 6.33. The fraction of sp³-hybridized carbons (Fsp3) is 0. The highest BCUT2D eigenvalue weighted by Gasteiger charge is 2.08. The van der Waals surface area contributed by atoms with Gasteiger partial charge in [0, 0.05) is 26.6 Å². The first-order valence-corrected chi connectivity index (χ1v) is 8.65. The average Bonchev–Trinajstić information content (AvgIpc) is 2.61. The Labute approximate surface area is 153 Å². The van der Waals surface area contributed by atoms with Gasteiger partial charge in [0.2, 0.25) is 0 Å². The predicted molar refractivity (Wildman–Crippen MR) is 103 cm³/mol. The molecule has 0 saturated heterocycles. The fourth-order valence-electron chi connectivity index (χ4n) is 2.64. The third-order valence-electron chi connectivity index (χ3n) is 3.82. The molecule has 116 valence electrons. The Morgan fingerprint density at radius 2 is 1.54 bits per heavy atom. The quantitative estimate of drug-likeness (QED) is 0.393. The molecule has 0 amide bonds. The molecule has 0 atom stereocenters. The molecule has 0 fully saturated rings. The molecule has 0 aliphatic carbocycles. The zero-order valence-corrected chi connectivity index (χ0v) is 14.9. The van der Waals surface area contributed by atoms with Gasteiger partial charge in [0.05, 0.1) is 5.52 Å². The number of aromatic nitrogens is 2. The van der Waals surface area contributed by atoms with Crippen LogP contribution in [0.4, 0.5) is 0 Å². The van der Waals surface area contributed by atoms with E-state index in [0.29, 0.717) is 10.8 Å². The van der Waals surface area contributed by atoms with Gasteiger partial charge >= 0.3 is 0 Å². The molecule has 4 aromatic rings. The summed E-state index contributed by atoms with van der Waals surface area (Å²) in [5.74, 6) is 0.676. The molecule has 0 aliphatic rings. The van der Waals surface area contributed by atoms with E-state index >= 15 is 0 Å². The van der Waals surface area contributed by atoms with E-state index in [9.17, 15) is 0 Å². The number of rotatable bonds is 2. The SMILES string of the molecule is Clc1cc(-c2ccc(Br)cc2)cc(-c2ncc3ccccc3n2)c1. The summed E-state index contributed by atoms with van der Waals surface area (Å²) in [7, 11) is 0. The number of hydrogen-bond donors (Lipinski definition) is 0. The molecule has 1 aromatic heterocycles. The average molecular weight is 396 g/mol. The van der Waals surface area contributed by atoms with Gasteiger partial charge in [0.15, 0.2) is 5.82 Å². The van der Waals surface area contributed by atoms with E-state index in [2.05, 4.69) is 44.1 Å². The van der Waals surface area contributed by atoms with Crippen LogP contribution < -0.4 is 0 Å². The molecule has 0 unspecified atom stereocenters. The van der Waals surface area contributed by atoms with Crippen molar-refractivity contribution in [1.29, 1.82) is 0 Å². The molecule has 4 heteroatoms. The Balaban J connectivity index is 1.83. The van der Waals surface area contributed by atoms with E-state index in [1.165, 1.54) is 0 Å². The minimum Gasteiger partial charge on any atom is -0.236 e. The van der Waals surface area contributed by atoms with Crippen molar-refractivity contribution < 1.29 is 0 Å². The summed E-state index contributed by atoms with van der Waals surface area (Å²) in [6.45, 7) is 0. The standard InChI is InChI=1S/C20H12BrClN2/c21-17-7-5-13(6-8-17)15-9-16(11-18(22)10-15)20-23-12-14-3-1-2-4-19(14)24-20/h1-12H. The molecule has 24 heavy (non-hydrogen) atoms. The molecule has 4 rings (SSSR count). The first-order valence-electron chi connectivity index (χ1n) is 7.48. The molecule has 3 aromatic carbocycles. The third-order valence-corrected chi connectivity index (χ3v) is 4.57. The lowest BCUT2D eigenvalue weighted by Crippen LogP contribution is -1.90. The molecular weight excluding hydrogens is 384 g/mol. The van der Waals surface area contributed by atoms with Crippen molar-refractivity contribution in [1.82, 2.24) is 9.97 Å². The third kappa shape index (κ3) is 3.05. The number of benzene rings is 3. The second kappa shape index (κ2) is 6.34. The fourth-order valence-corrected chi connectivity index (χ4v) is 3.14. The molecule has 0 saturated carbocycles. The van der Waals surface area contributed by atoms with Crippen LogP contribution in [0.2, 0.25) is 5.02 Å². The van der Waals surface area contributed by atoms with Crippen molar-refractivity contribution in [2.75, 3.05) is 0 Å². The highest BCUT2D eigenvalue weighted by molar-refractivity contribution is 9.10. The lowest BCUT2D eigenvalue weighted by Gasteiger charge is -2.07. The minimum absolute atomic E-state index is 0.669. The van der Waals surface area contributed by atoms with Crippen LogP contribution in [0, 0.1) is 0 Å². The molecule has 0 radical (unpaired) electrons. The van der Waals surface area contributed by atoms with Gasteiger partial charge in [-0.1, -0.05) is 57.9 Å². The zero-order valence-electron chi connectivity index (χ0n) is 12.6. The molecule has 1 heterocycles. The van der Waals surface area contributed by atoms with Crippen molar-refractivity contribution in [3.05, 3.63) is 82.4 Å². The number of fused-ring (bicyclic) bond motifs is 1. The molecule has 0 bridgehead atoms. The minimum atomic E-state index is 0.669. The van der Waals surface area contributed by atoms with Crippen LogP contribution in [-0.2, 0) is 0 Å². The van der Waals surface area contributed by atoms with Gasteiger partial charge in [-0.25, -0.2) is 9.97 Å². The van der Waals surface area contributed by atoms with Crippen LogP contribution in [0.25, 0.3) is 33.4 Å². The smallest absolute Gasteiger partial charge is 0.159 e. The van der Waals surface area contributed by atoms with E-state index in [-0.39, 0.29) is 0 Å². The maximum Gasteiger partial charge on any atom is 0.159 e. The van der Waals surface area contributed by atoms with E-state index in [4.69, 9.17) is 11.6 Å². The van der Waals surface area contributed by atoms with Crippen molar-refractivity contribution in [3.8, 4) is 22.5 Å². The van der Waals surface area contributed by atoms with Gasteiger partial charge in [-0.2, -0.15) is 0 Å². The van der Waals surface area contributed by atoms with Gasteiger partial charge in [-0.05, 0) is 47.5 Å². The van der Waals surface area contributed by atoms with E-state index in [0.717, 1.165) is 32.1 Å². The van der Waals surface area contributed by atoms with E-state index < -0.39 is 0 Å². The normalized spacial score (nSPS) is 10.9. The lowest BCUT2D eigenvalue weighted by molar-refractivity contribution is 1.23. The largest absolute Gasteiger partial charge is 0.236 e. The Kier molecular flexibility index (Phi) is 4.05. The number of halogens is 2. The lowest BCUT2D eigenvalue weighted by atomic mass is 10.0. The monoisotopic (exact) mass is 394 g/mol. The van der Waals surface area contributed by atoms with Crippen LogP contribution >= 0.6 is 27.5 Å². The van der Waals surface area contributed by atoms with Crippen molar-refractivity contribution in [2.24, 2.45) is 0 Å². The predicted octanol–water partition coefficient (Wildman–Crippen LogP) is 6.38. The summed E-state index contributed by atoms with van der Waals surface area (Å²) >= 11 is 9.80. The topological polar surface area (TPSA) is 25.8 Å². The van der Waals surface area contributed by atoms with Gasteiger partial charge < -0.3 is 0 Å². The van der Waals surface area contributed by atoms with Crippen molar-refractivity contribution in [3.63, 3.8) is 0 Å². The first-order chi connectivity index (χ1) is 11.7. The Morgan fingerprint density at radius 3 is 2.38 bits per heavy atom. The Bertz CT molecular complexity index is 1030. The van der Waals surface area contributed by atoms with Gasteiger partial charge in [0.1, 0.15) is 0 Å². The summed E-state index contributed by atoms with van der Waals surface area (Å²) in [6.07, 6.45) is 1.85. The molecule has 0 N–H and O–H groups in total. The first kappa shape index (κ1) is 15.3. The van der Waals surface area contributed by atoms with Crippen LogP contribution in [0.1, 0.15) is 0 Å². The van der Waals surface area contributed by atoms with Gasteiger partial charge in [-0.15, -0.1) is 0 Å². The molecule has 0 spiro atoms. The Morgan fingerprint density at radius 1 is 0.792 bits per heavy atom. The summed E-state index contributed by atoms with van der Waals surface area (Å²) in [5.41, 5.74) is 3.98. The van der Waals surface area contributed by atoms with Gasteiger partial charge in [0.25, 0.3) is 0 Å². The van der Waals surface area contributed by atoms with E-state index in [1.807, 2.05) is 54.7 Å². The number of para-hydroxylation sites is 1. The number of nitrogens with zero attached hydrogens (tertiary/aromatic N) is 2. The summed E-state index contributed by atoms with van der Waals surface area (Å²) in [6, 6.07) is 22.0. The van der Waals surface area contributed by atoms with Crippen LogP contribution in [0.3, 0.4) is 0 Å². The molecule has 2 nitrogen and oxygen atoms in total. The zero-order chi connectivity index (χ0) is 16.5. The summed E-state index contributed by atoms with van der Waals surface area (Å²) < 4.78 is 1.05. The Hall–Kier alpha value is -2.23. The summed E-state index contributed by atoms with van der Waals surface area (Å²) in [5, 5.41) is 1.69. The van der Waals surface area contributed by atoms with Crippen LogP contribution in [0.15, 0.2) is 77.4 Å². The number of hydrogen-bond acceptors (Lipinski definition) is 2.